The van der Waals surface area contributed by atoms with Crippen molar-refractivity contribution in [2.24, 2.45) is 0 Å². The average molecular weight is 301 g/mol. The predicted molar refractivity (Wildman–Crippen MR) is 77.2 cm³/mol. The van der Waals surface area contributed by atoms with Gasteiger partial charge in [-0.15, -0.1) is 0 Å². The molecule has 0 amide bonds. The van der Waals surface area contributed by atoms with E-state index in [0.29, 0.717) is 5.56 Å². The Morgan fingerprint density at radius 3 is 1.90 bits per heavy atom. The zero-order valence-electron chi connectivity index (χ0n) is 12.9. The molecule has 0 aromatic heterocycles. The number of likely N-dealkylation sites (N-methyl/N-ethyl adjacent to an activating group) is 1. The molecule has 0 unspecified atom stereocenters. The predicted octanol–water partition coefficient (Wildman–Crippen LogP) is 3.94. The van der Waals surface area contributed by atoms with Gasteiger partial charge in [-0.25, -0.2) is 0 Å². The Morgan fingerprint density at radius 1 is 1.05 bits per heavy atom. The van der Waals surface area contributed by atoms with E-state index in [1.807, 2.05) is 32.6 Å². The summed E-state index contributed by atoms with van der Waals surface area (Å²) >= 11 is 0. The van der Waals surface area contributed by atoms with E-state index < -0.39 is 17.3 Å². The topological polar surface area (TPSA) is 20.3 Å². The molecule has 1 rings (SSSR count). The van der Waals surface area contributed by atoms with E-state index in [1.54, 1.807) is 0 Å². The Kier molecular flexibility index (Phi) is 5.56. The quantitative estimate of drug-likeness (QED) is 0.793. The van der Waals surface area contributed by atoms with Crippen LogP contribution in [0.15, 0.2) is 24.3 Å². The van der Waals surface area contributed by atoms with E-state index in [0.717, 1.165) is 25.2 Å². The van der Waals surface area contributed by atoms with E-state index in [-0.39, 0.29) is 12.2 Å². The standard InChI is InChI=1S/C16H22F3NO/c1-5-20(6-2)15(3,4)14(21)11-12-7-9-13(10-8-12)16(17,18)19/h7-10H,5-6,11H2,1-4H3. The summed E-state index contributed by atoms with van der Waals surface area (Å²) in [5, 5.41) is 0. The minimum atomic E-state index is -4.34. The van der Waals surface area contributed by atoms with Crippen LogP contribution in [0.5, 0.6) is 0 Å². The van der Waals surface area contributed by atoms with E-state index >= 15 is 0 Å². The molecule has 0 N–H and O–H groups in total. The van der Waals surface area contributed by atoms with Gasteiger partial charge in [0.05, 0.1) is 11.1 Å². The number of carbonyl (C=O) groups excluding carboxylic acids is 1. The molecule has 118 valence electrons. The summed E-state index contributed by atoms with van der Waals surface area (Å²) in [6.45, 7) is 9.18. The van der Waals surface area contributed by atoms with Gasteiger partial charge in [0.1, 0.15) is 0 Å². The lowest BCUT2D eigenvalue weighted by Crippen LogP contribution is -2.50. The zero-order valence-corrected chi connectivity index (χ0v) is 12.9. The van der Waals surface area contributed by atoms with Crippen LogP contribution in [0.2, 0.25) is 0 Å². The van der Waals surface area contributed by atoms with Gasteiger partial charge in [0.2, 0.25) is 0 Å². The van der Waals surface area contributed by atoms with Crippen LogP contribution in [-0.2, 0) is 17.4 Å². The third kappa shape index (κ3) is 4.30. The summed E-state index contributed by atoms with van der Waals surface area (Å²) in [5.41, 5.74) is -0.707. The fourth-order valence-electron chi connectivity index (χ4n) is 2.40. The molecule has 0 heterocycles. The first kappa shape index (κ1) is 17.7. The van der Waals surface area contributed by atoms with Crippen LogP contribution in [0.1, 0.15) is 38.8 Å². The summed E-state index contributed by atoms with van der Waals surface area (Å²) in [5.74, 6) is 0.00552. The van der Waals surface area contributed by atoms with Crippen molar-refractivity contribution >= 4 is 5.78 Å². The van der Waals surface area contributed by atoms with Gasteiger partial charge in [0, 0.05) is 6.42 Å². The first-order chi connectivity index (χ1) is 9.62. The minimum Gasteiger partial charge on any atom is -0.297 e. The van der Waals surface area contributed by atoms with Crippen LogP contribution in [-0.4, -0.2) is 29.3 Å². The van der Waals surface area contributed by atoms with Crippen LogP contribution in [0, 0.1) is 0 Å². The smallest absolute Gasteiger partial charge is 0.297 e. The highest BCUT2D eigenvalue weighted by Gasteiger charge is 2.33. The van der Waals surface area contributed by atoms with Gasteiger partial charge in [-0.3, -0.25) is 9.69 Å². The summed E-state index contributed by atoms with van der Waals surface area (Å²) in [6, 6.07) is 4.79. The van der Waals surface area contributed by atoms with Crippen LogP contribution < -0.4 is 0 Å². The molecule has 2 nitrogen and oxygen atoms in total. The van der Waals surface area contributed by atoms with Crippen LogP contribution in [0.4, 0.5) is 13.2 Å². The second-order valence-corrected chi connectivity index (χ2v) is 5.53. The monoisotopic (exact) mass is 301 g/mol. The maximum absolute atomic E-state index is 12.5. The summed E-state index contributed by atoms with van der Waals surface area (Å²) in [4.78, 5) is 14.5. The van der Waals surface area contributed by atoms with Crippen molar-refractivity contribution in [1.82, 2.24) is 4.90 Å². The van der Waals surface area contributed by atoms with Gasteiger partial charge in [-0.1, -0.05) is 26.0 Å². The summed E-state index contributed by atoms with van der Waals surface area (Å²) in [6.07, 6.45) is -4.20. The number of benzene rings is 1. The van der Waals surface area contributed by atoms with Gasteiger partial charge in [-0.05, 0) is 44.6 Å². The normalized spacial score (nSPS) is 12.8. The highest BCUT2D eigenvalue weighted by atomic mass is 19.4. The van der Waals surface area contributed by atoms with Crippen molar-refractivity contribution in [2.75, 3.05) is 13.1 Å². The van der Waals surface area contributed by atoms with Gasteiger partial charge < -0.3 is 0 Å². The van der Waals surface area contributed by atoms with Gasteiger partial charge in [0.25, 0.3) is 0 Å². The van der Waals surface area contributed by atoms with Gasteiger partial charge >= 0.3 is 6.18 Å². The third-order valence-electron chi connectivity index (χ3n) is 3.88. The number of alkyl halides is 3. The molecular weight excluding hydrogens is 279 g/mol. The number of Topliss-reactive ketones (excluding diaryl/α,β-unsaturated/α-hetero) is 1. The molecule has 0 fully saturated rings. The Balaban J connectivity index is 2.84. The second-order valence-electron chi connectivity index (χ2n) is 5.53. The molecule has 0 atom stereocenters. The molecular formula is C16H22F3NO. The average Bonchev–Trinajstić information content (AvgIpc) is 2.39. The van der Waals surface area contributed by atoms with E-state index in [9.17, 15) is 18.0 Å². The number of nitrogens with zero attached hydrogens (tertiary/aromatic N) is 1. The first-order valence-electron chi connectivity index (χ1n) is 7.07. The lowest BCUT2D eigenvalue weighted by molar-refractivity contribution is -0.137. The van der Waals surface area contributed by atoms with Gasteiger partial charge in [-0.2, -0.15) is 13.2 Å². The first-order valence-corrected chi connectivity index (χ1v) is 7.07. The van der Waals surface area contributed by atoms with Crippen LogP contribution in [0.25, 0.3) is 0 Å². The molecule has 5 heteroatoms. The number of rotatable bonds is 6. The molecule has 0 saturated carbocycles. The SMILES string of the molecule is CCN(CC)C(C)(C)C(=O)Cc1ccc(C(F)(F)F)cc1. The Hall–Kier alpha value is -1.36. The van der Waals surface area contributed by atoms with Gasteiger partial charge in [0.15, 0.2) is 5.78 Å². The zero-order chi connectivity index (χ0) is 16.3. The highest BCUT2D eigenvalue weighted by molar-refractivity contribution is 5.89. The van der Waals surface area contributed by atoms with E-state index in [1.165, 1.54) is 12.1 Å². The Morgan fingerprint density at radius 2 is 1.52 bits per heavy atom. The fraction of sp³-hybridized carbons (Fsp3) is 0.562. The van der Waals surface area contributed by atoms with Crippen molar-refractivity contribution in [3.05, 3.63) is 35.4 Å². The molecule has 0 aliphatic heterocycles. The fourth-order valence-corrected chi connectivity index (χ4v) is 2.40. The molecule has 0 radical (unpaired) electrons. The van der Waals surface area contributed by atoms with Crippen LogP contribution >= 0.6 is 0 Å². The second kappa shape index (κ2) is 6.60. The molecule has 0 aliphatic carbocycles. The molecule has 1 aromatic carbocycles. The number of carbonyl (C=O) groups is 1. The lowest BCUT2D eigenvalue weighted by atomic mass is 9.91. The maximum Gasteiger partial charge on any atom is 0.416 e. The molecule has 1 aromatic rings. The maximum atomic E-state index is 12.5. The van der Waals surface area contributed by atoms with Crippen molar-refractivity contribution in [1.29, 1.82) is 0 Å². The van der Waals surface area contributed by atoms with Crippen molar-refractivity contribution in [2.45, 2.75) is 45.8 Å². The third-order valence-corrected chi connectivity index (χ3v) is 3.88. The van der Waals surface area contributed by atoms with Crippen LogP contribution in [0.3, 0.4) is 0 Å². The number of hydrogen-bond donors (Lipinski definition) is 0. The summed E-state index contributed by atoms with van der Waals surface area (Å²) in [7, 11) is 0. The number of hydrogen-bond acceptors (Lipinski definition) is 2. The molecule has 0 spiro atoms. The van der Waals surface area contributed by atoms with Crippen molar-refractivity contribution < 1.29 is 18.0 Å². The Labute approximate surface area is 123 Å². The van der Waals surface area contributed by atoms with E-state index in [2.05, 4.69) is 0 Å². The molecule has 0 saturated heterocycles. The Bertz CT molecular complexity index is 473. The largest absolute Gasteiger partial charge is 0.416 e. The lowest BCUT2D eigenvalue weighted by Gasteiger charge is -2.35. The molecule has 0 bridgehead atoms. The molecule has 21 heavy (non-hydrogen) atoms. The highest BCUT2D eigenvalue weighted by Crippen LogP contribution is 2.29. The van der Waals surface area contributed by atoms with E-state index in [4.69, 9.17) is 0 Å². The van der Waals surface area contributed by atoms with Crippen molar-refractivity contribution in [3.8, 4) is 0 Å². The summed E-state index contributed by atoms with van der Waals surface area (Å²) < 4.78 is 37.5. The minimum absolute atomic E-state index is 0.00552. The number of ketones is 1. The van der Waals surface area contributed by atoms with Crippen molar-refractivity contribution in [3.63, 3.8) is 0 Å². The number of halogens is 3. The molecule has 0 aliphatic rings.